The van der Waals surface area contributed by atoms with Crippen molar-refractivity contribution >= 4 is 16.7 Å². The van der Waals surface area contributed by atoms with Gasteiger partial charge < -0.3 is 9.47 Å². The van der Waals surface area contributed by atoms with Crippen molar-refractivity contribution in [3.63, 3.8) is 0 Å². The molecule has 9 heteroatoms. The number of hydrogen-bond acceptors (Lipinski definition) is 3. The average molecular weight is 454 g/mol. The van der Waals surface area contributed by atoms with E-state index in [1.807, 2.05) is 13.0 Å². The lowest BCUT2D eigenvalue weighted by molar-refractivity contribution is -0.0544. The van der Waals surface area contributed by atoms with Crippen LogP contribution in [0.4, 0.5) is 26.3 Å². The third-order valence-electron chi connectivity index (χ3n) is 4.52. The summed E-state index contributed by atoms with van der Waals surface area (Å²) in [5, 5.41) is -0.433. The number of benzene rings is 3. The molecule has 0 aliphatic rings. The number of carbonyl (C=O) groups excluding carboxylic acids is 1. The van der Waals surface area contributed by atoms with Crippen LogP contribution in [0.2, 0.25) is 0 Å². The number of aryl methyl sites for hydroxylation is 1. The van der Waals surface area contributed by atoms with E-state index in [1.165, 1.54) is 0 Å². The van der Waals surface area contributed by atoms with Crippen molar-refractivity contribution < 1.29 is 40.6 Å². The summed E-state index contributed by atoms with van der Waals surface area (Å²) in [5.41, 5.74) is -0.564. The number of fused-ring (bicyclic) bond motifs is 1. The van der Waals surface area contributed by atoms with Crippen molar-refractivity contribution in [1.29, 1.82) is 0 Å². The lowest BCUT2D eigenvalue weighted by Gasteiger charge is -2.11. The number of ether oxygens (including phenoxy) is 2. The Balaban J connectivity index is 1.87. The van der Waals surface area contributed by atoms with E-state index in [2.05, 4.69) is 4.74 Å². The fraction of sp³-hybridized carbons (Fsp3) is 0.174. The lowest BCUT2D eigenvalue weighted by Crippen LogP contribution is -2.14. The Hall–Kier alpha value is -3.49. The van der Waals surface area contributed by atoms with E-state index < -0.39 is 47.2 Å². The van der Waals surface area contributed by atoms with Crippen LogP contribution in [-0.2, 0) is 6.42 Å². The zero-order chi connectivity index (χ0) is 23.4. The van der Waals surface area contributed by atoms with Gasteiger partial charge in [-0.1, -0.05) is 12.2 Å². The first-order chi connectivity index (χ1) is 15.2. The molecule has 0 radical (unpaired) electrons. The van der Waals surface area contributed by atoms with E-state index in [0.717, 1.165) is 30.3 Å². The molecule has 0 heterocycles. The average Bonchev–Trinajstić information content (AvgIpc) is 2.70. The molecule has 0 spiro atoms. The Morgan fingerprint density at radius 1 is 1.00 bits per heavy atom. The quantitative estimate of drug-likeness (QED) is 0.172. The molecule has 0 fully saturated rings. The molecule has 3 nitrogen and oxygen atoms in total. The van der Waals surface area contributed by atoms with Crippen LogP contribution in [0.1, 0.15) is 29.3 Å². The topological polar surface area (TPSA) is 35.5 Å². The van der Waals surface area contributed by atoms with Gasteiger partial charge in [0.1, 0.15) is 22.9 Å². The summed E-state index contributed by atoms with van der Waals surface area (Å²) in [7, 11) is 0. The first kappa shape index (κ1) is 23.2. The van der Waals surface area contributed by atoms with Crippen molar-refractivity contribution in [2.75, 3.05) is 0 Å². The van der Waals surface area contributed by atoms with E-state index in [4.69, 9.17) is 4.74 Å². The molecule has 0 N–H and O–H groups in total. The van der Waals surface area contributed by atoms with Crippen LogP contribution in [0.15, 0.2) is 48.6 Å². The largest absolute Gasteiger partial charge is 0.429 e. The summed E-state index contributed by atoms with van der Waals surface area (Å²) in [6.45, 7) is -1.62. The van der Waals surface area contributed by atoms with Crippen molar-refractivity contribution in [3.8, 4) is 11.5 Å². The summed E-state index contributed by atoms with van der Waals surface area (Å²) in [6.07, 6.45) is 4.55. The van der Waals surface area contributed by atoms with Crippen LogP contribution in [0.5, 0.6) is 11.5 Å². The molecule has 0 aliphatic carbocycles. The molecular formula is C23H16F6O3. The lowest BCUT2D eigenvalue weighted by atomic mass is 10.1. The van der Waals surface area contributed by atoms with E-state index in [9.17, 15) is 31.1 Å². The standard InChI is InChI=1S/C23H16F6O3/c1-2-3-4-5-12-8-16(24)19(17(25)9-12)22(30)31-14-6-7-15-13(10-14)11-18(26)21(20(15)27)32-23(28)29/h2-3,6-11,23H,4-5H2,1H3/b3-2+. The van der Waals surface area contributed by atoms with Gasteiger partial charge in [0.05, 0.1) is 0 Å². The van der Waals surface area contributed by atoms with Gasteiger partial charge in [0.2, 0.25) is 0 Å². The number of rotatable bonds is 7. The normalized spacial score (nSPS) is 11.5. The molecule has 0 saturated carbocycles. The second-order valence-corrected chi connectivity index (χ2v) is 6.69. The van der Waals surface area contributed by atoms with Gasteiger partial charge >= 0.3 is 12.6 Å². The van der Waals surface area contributed by atoms with Gasteiger partial charge in [-0.2, -0.15) is 8.78 Å². The highest BCUT2D eigenvalue weighted by Crippen LogP contribution is 2.33. The number of esters is 1. The second kappa shape index (κ2) is 9.76. The predicted octanol–water partition coefficient (Wildman–Crippen LogP) is 6.73. The Morgan fingerprint density at radius 2 is 1.69 bits per heavy atom. The zero-order valence-corrected chi connectivity index (χ0v) is 16.6. The van der Waals surface area contributed by atoms with Crippen LogP contribution in [0, 0.1) is 23.3 Å². The van der Waals surface area contributed by atoms with E-state index in [1.54, 1.807) is 6.08 Å². The Kier molecular flexibility index (Phi) is 7.07. The maximum Gasteiger partial charge on any atom is 0.387 e. The molecule has 32 heavy (non-hydrogen) atoms. The Morgan fingerprint density at radius 3 is 2.31 bits per heavy atom. The molecule has 0 saturated heterocycles. The highest BCUT2D eigenvalue weighted by molar-refractivity contribution is 5.93. The number of allylic oxidation sites excluding steroid dienone is 2. The van der Waals surface area contributed by atoms with Gasteiger partial charge in [-0.3, -0.25) is 0 Å². The molecule has 3 aromatic rings. The number of halogens is 6. The third-order valence-corrected chi connectivity index (χ3v) is 4.52. The van der Waals surface area contributed by atoms with Crippen molar-refractivity contribution in [2.24, 2.45) is 0 Å². The molecular weight excluding hydrogens is 438 g/mol. The molecule has 168 valence electrons. The zero-order valence-electron chi connectivity index (χ0n) is 16.6. The van der Waals surface area contributed by atoms with Gasteiger partial charge in [0.25, 0.3) is 0 Å². The third kappa shape index (κ3) is 5.04. The van der Waals surface area contributed by atoms with E-state index >= 15 is 0 Å². The van der Waals surface area contributed by atoms with Crippen LogP contribution in [-0.4, -0.2) is 12.6 Å². The molecule has 0 atom stereocenters. The SMILES string of the molecule is C/C=C/CCc1cc(F)c(C(=O)Oc2ccc3c(F)c(OC(F)F)c(F)cc3c2)c(F)c1. The van der Waals surface area contributed by atoms with Crippen LogP contribution in [0.25, 0.3) is 10.8 Å². The minimum Gasteiger partial charge on any atom is -0.429 e. The Labute approximate surface area is 178 Å². The molecule has 3 rings (SSSR count). The highest BCUT2D eigenvalue weighted by Gasteiger charge is 2.22. The summed E-state index contributed by atoms with van der Waals surface area (Å²) in [6, 6.07) is 5.87. The monoisotopic (exact) mass is 454 g/mol. The van der Waals surface area contributed by atoms with Gasteiger partial charge in [-0.15, -0.1) is 0 Å². The first-order valence-electron chi connectivity index (χ1n) is 9.39. The van der Waals surface area contributed by atoms with Gasteiger partial charge in [0.15, 0.2) is 17.4 Å². The van der Waals surface area contributed by atoms with Crippen LogP contribution >= 0.6 is 0 Å². The van der Waals surface area contributed by atoms with Crippen molar-refractivity contribution in [2.45, 2.75) is 26.4 Å². The fourth-order valence-electron chi connectivity index (χ4n) is 3.09. The minimum absolute atomic E-state index is 0.146. The molecule has 0 aromatic heterocycles. The maximum atomic E-state index is 14.3. The Bertz CT molecular complexity index is 1170. The van der Waals surface area contributed by atoms with Gasteiger partial charge in [0, 0.05) is 5.39 Å². The van der Waals surface area contributed by atoms with Crippen LogP contribution < -0.4 is 9.47 Å². The highest BCUT2D eigenvalue weighted by atomic mass is 19.3. The fourth-order valence-corrected chi connectivity index (χ4v) is 3.09. The number of carbonyl (C=O) groups is 1. The second-order valence-electron chi connectivity index (χ2n) is 6.69. The molecule has 3 aromatic carbocycles. The summed E-state index contributed by atoms with van der Waals surface area (Å²) < 4.78 is 90.4. The summed E-state index contributed by atoms with van der Waals surface area (Å²) in [5.74, 6) is -7.86. The van der Waals surface area contributed by atoms with Gasteiger partial charge in [-0.05, 0) is 67.1 Å². The van der Waals surface area contributed by atoms with Gasteiger partial charge in [-0.25, -0.2) is 22.4 Å². The van der Waals surface area contributed by atoms with E-state index in [0.29, 0.717) is 24.5 Å². The van der Waals surface area contributed by atoms with Crippen molar-refractivity contribution in [1.82, 2.24) is 0 Å². The number of alkyl halides is 2. The predicted molar refractivity (Wildman–Crippen MR) is 105 cm³/mol. The molecule has 0 aliphatic heterocycles. The summed E-state index contributed by atoms with van der Waals surface area (Å²) in [4.78, 5) is 12.3. The van der Waals surface area contributed by atoms with E-state index in [-0.39, 0.29) is 16.5 Å². The minimum atomic E-state index is -3.43. The first-order valence-corrected chi connectivity index (χ1v) is 9.39. The van der Waals surface area contributed by atoms with Crippen LogP contribution in [0.3, 0.4) is 0 Å². The number of hydrogen-bond donors (Lipinski definition) is 0. The maximum absolute atomic E-state index is 14.3. The smallest absolute Gasteiger partial charge is 0.387 e. The molecule has 0 bridgehead atoms. The molecule has 0 unspecified atom stereocenters. The van der Waals surface area contributed by atoms with Crippen molar-refractivity contribution in [3.05, 3.63) is 82.9 Å². The summed E-state index contributed by atoms with van der Waals surface area (Å²) >= 11 is 0. The molecule has 0 amide bonds.